The number of nitrogens with one attached hydrogen (secondary N) is 1. The largest absolute Gasteiger partial charge is 0.381 e. The molecule has 0 bridgehead atoms. The predicted octanol–water partition coefficient (Wildman–Crippen LogP) is 7.01. The summed E-state index contributed by atoms with van der Waals surface area (Å²) in [6.45, 7) is 18.7. The first kappa shape index (κ1) is 23.4. The molecule has 0 aliphatic heterocycles. The summed E-state index contributed by atoms with van der Waals surface area (Å²) in [6, 6.07) is 15.8. The van der Waals surface area contributed by atoms with Crippen LogP contribution in [-0.2, 0) is 12.8 Å². The van der Waals surface area contributed by atoms with E-state index in [1.54, 1.807) is 6.21 Å². The number of aryl methyl sites for hydroxylation is 2. The Morgan fingerprint density at radius 1 is 1.13 bits per heavy atom. The molecule has 2 aromatic carbocycles. The van der Waals surface area contributed by atoms with Crippen LogP contribution in [0.2, 0.25) is 0 Å². The van der Waals surface area contributed by atoms with Crippen molar-refractivity contribution >= 4 is 12.3 Å². The molecule has 2 atom stereocenters. The van der Waals surface area contributed by atoms with E-state index in [2.05, 4.69) is 86.7 Å². The summed E-state index contributed by atoms with van der Waals surface area (Å²) in [6.07, 6.45) is 7.71. The van der Waals surface area contributed by atoms with Crippen molar-refractivity contribution in [3.63, 3.8) is 0 Å². The van der Waals surface area contributed by atoms with E-state index in [0.717, 1.165) is 24.2 Å². The lowest BCUT2D eigenvalue weighted by Gasteiger charge is -2.28. The van der Waals surface area contributed by atoms with Gasteiger partial charge in [-0.25, -0.2) is 0 Å². The van der Waals surface area contributed by atoms with Gasteiger partial charge in [0.2, 0.25) is 0 Å². The average Bonchev–Trinajstić information content (AvgIpc) is 2.76. The van der Waals surface area contributed by atoms with Crippen LogP contribution in [0.4, 0.5) is 0 Å². The van der Waals surface area contributed by atoms with Gasteiger partial charge in [0.25, 0.3) is 0 Å². The Labute approximate surface area is 183 Å². The van der Waals surface area contributed by atoms with E-state index >= 15 is 0 Å². The Bertz CT molecular complexity index is 933. The quantitative estimate of drug-likeness (QED) is 0.336. The molecule has 30 heavy (non-hydrogen) atoms. The van der Waals surface area contributed by atoms with Gasteiger partial charge in [-0.1, -0.05) is 74.7 Å². The average molecular weight is 401 g/mol. The minimum absolute atomic E-state index is 0.195. The van der Waals surface area contributed by atoms with Crippen LogP contribution in [0.5, 0.6) is 0 Å². The number of aliphatic imine (C=N–C) groups is 1. The Kier molecular flexibility index (Phi) is 8.86. The smallest absolute Gasteiger partial charge is 0.0808 e. The van der Waals surface area contributed by atoms with Crippen molar-refractivity contribution in [1.82, 2.24) is 5.32 Å². The summed E-state index contributed by atoms with van der Waals surface area (Å²) in [5.41, 5.74) is 8.23. The molecule has 158 valence electrons. The second-order valence-electron chi connectivity index (χ2n) is 7.78. The molecule has 0 aliphatic rings. The van der Waals surface area contributed by atoms with Gasteiger partial charge in [-0.05, 0) is 68.4 Å². The number of allylic oxidation sites excluding steroid dienone is 1. The molecule has 0 aromatic heterocycles. The fourth-order valence-corrected chi connectivity index (χ4v) is 3.83. The SMILES string of the molecule is C=Cc1cc(C[C@H](c2cccc(CC)c2)C(C)NC(=C)/C(=C/C)N=CC)ccc1C. The molecule has 2 aromatic rings. The lowest BCUT2D eigenvalue weighted by molar-refractivity contribution is 0.496. The summed E-state index contributed by atoms with van der Waals surface area (Å²) in [5.74, 6) is 0.303. The van der Waals surface area contributed by atoms with Crippen molar-refractivity contribution in [2.75, 3.05) is 0 Å². The maximum atomic E-state index is 4.43. The number of nitrogens with zero attached hydrogens (tertiary/aromatic N) is 1. The van der Waals surface area contributed by atoms with Crippen LogP contribution >= 0.6 is 0 Å². The second kappa shape index (κ2) is 11.3. The Morgan fingerprint density at radius 2 is 1.90 bits per heavy atom. The highest BCUT2D eigenvalue weighted by Crippen LogP contribution is 2.28. The van der Waals surface area contributed by atoms with Gasteiger partial charge in [-0.15, -0.1) is 0 Å². The highest BCUT2D eigenvalue weighted by molar-refractivity contribution is 5.57. The van der Waals surface area contributed by atoms with E-state index in [1.165, 1.54) is 27.8 Å². The van der Waals surface area contributed by atoms with E-state index in [-0.39, 0.29) is 6.04 Å². The van der Waals surface area contributed by atoms with Gasteiger partial charge in [0, 0.05) is 18.2 Å². The number of benzene rings is 2. The van der Waals surface area contributed by atoms with Crippen LogP contribution < -0.4 is 5.32 Å². The van der Waals surface area contributed by atoms with E-state index in [4.69, 9.17) is 0 Å². The van der Waals surface area contributed by atoms with Crippen LogP contribution in [0.15, 0.2) is 78.1 Å². The lowest BCUT2D eigenvalue weighted by atomic mass is 9.85. The molecule has 0 radical (unpaired) electrons. The van der Waals surface area contributed by atoms with Gasteiger partial charge in [0.15, 0.2) is 0 Å². The van der Waals surface area contributed by atoms with Gasteiger partial charge in [-0.2, -0.15) is 0 Å². The fourth-order valence-electron chi connectivity index (χ4n) is 3.83. The highest BCUT2D eigenvalue weighted by Gasteiger charge is 2.21. The van der Waals surface area contributed by atoms with Gasteiger partial charge in [-0.3, -0.25) is 4.99 Å². The predicted molar refractivity (Wildman–Crippen MR) is 133 cm³/mol. The molecule has 0 amide bonds. The van der Waals surface area contributed by atoms with Gasteiger partial charge >= 0.3 is 0 Å². The Hall–Kier alpha value is -2.87. The van der Waals surface area contributed by atoms with Crippen molar-refractivity contribution < 1.29 is 0 Å². The molecule has 0 saturated heterocycles. The zero-order valence-electron chi connectivity index (χ0n) is 19.2. The highest BCUT2D eigenvalue weighted by atomic mass is 15.0. The zero-order chi connectivity index (χ0) is 22.1. The fraction of sp³-hybridized carbons (Fsp3) is 0.321. The van der Waals surface area contributed by atoms with Crippen molar-refractivity contribution in [3.05, 3.63) is 101 Å². The standard InChI is InChI=1S/C28H36N2/c1-8-23-13-12-14-26(17-23)27(19-24-16-15-20(5)25(9-2)18-24)21(6)30-22(7)28(10-3)29-11-4/h9-18,21,27,30H,2,7-8,19H2,1,3-6H3/b28-10-,29-11?/t21?,27-/m0/s1. The van der Waals surface area contributed by atoms with Gasteiger partial charge in [0.05, 0.1) is 11.4 Å². The van der Waals surface area contributed by atoms with E-state index in [9.17, 15) is 0 Å². The number of rotatable bonds is 10. The van der Waals surface area contributed by atoms with E-state index in [1.807, 2.05) is 26.0 Å². The zero-order valence-corrected chi connectivity index (χ0v) is 19.2. The first-order chi connectivity index (χ1) is 14.4. The molecule has 0 heterocycles. The van der Waals surface area contributed by atoms with E-state index < -0.39 is 0 Å². The molecule has 1 unspecified atom stereocenters. The van der Waals surface area contributed by atoms with Gasteiger partial charge in [0.1, 0.15) is 0 Å². The second-order valence-corrected chi connectivity index (χ2v) is 7.78. The number of hydrogen-bond acceptors (Lipinski definition) is 2. The third-order valence-corrected chi connectivity index (χ3v) is 5.66. The third kappa shape index (κ3) is 6.06. The molecular formula is C28H36N2. The maximum absolute atomic E-state index is 4.43. The van der Waals surface area contributed by atoms with Crippen molar-refractivity contribution in [3.8, 4) is 0 Å². The molecule has 0 aliphatic carbocycles. The first-order valence-corrected chi connectivity index (χ1v) is 10.8. The van der Waals surface area contributed by atoms with Crippen molar-refractivity contribution in [1.29, 1.82) is 0 Å². The maximum Gasteiger partial charge on any atom is 0.0808 e. The van der Waals surface area contributed by atoms with Crippen LogP contribution in [0, 0.1) is 6.92 Å². The van der Waals surface area contributed by atoms with Crippen LogP contribution in [-0.4, -0.2) is 12.3 Å². The minimum atomic E-state index is 0.195. The van der Waals surface area contributed by atoms with Gasteiger partial charge < -0.3 is 5.32 Å². The first-order valence-electron chi connectivity index (χ1n) is 10.8. The van der Waals surface area contributed by atoms with E-state index in [0.29, 0.717) is 5.92 Å². The summed E-state index contributed by atoms with van der Waals surface area (Å²) < 4.78 is 0. The molecular weight excluding hydrogens is 364 g/mol. The van der Waals surface area contributed by atoms with Crippen LogP contribution in [0.1, 0.15) is 61.4 Å². The molecule has 2 rings (SSSR count). The van der Waals surface area contributed by atoms with Crippen LogP contribution in [0.25, 0.3) is 6.08 Å². The summed E-state index contributed by atoms with van der Waals surface area (Å²) in [4.78, 5) is 4.43. The summed E-state index contributed by atoms with van der Waals surface area (Å²) >= 11 is 0. The summed E-state index contributed by atoms with van der Waals surface area (Å²) in [7, 11) is 0. The molecule has 2 nitrogen and oxygen atoms in total. The Morgan fingerprint density at radius 3 is 2.53 bits per heavy atom. The molecule has 0 fully saturated rings. The normalized spacial score (nSPS) is 13.8. The molecule has 1 N–H and O–H groups in total. The van der Waals surface area contributed by atoms with Crippen LogP contribution in [0.3, 0.4) is 0 Å². The summed E-state index contributed by atoms with van der Waals surface area (Å²) in [5, 5.41) is 3.62. The molecule has 0 saturated carbocycles. The van der Waals surface area contributed by atoms with Crippen molar-refractivity contribution in [2.45, 2.75) is 59.4 Å². The monoisotopic (exact) mass is 400 g/mol. The molecule has 2 heteroatoms. The Balaban J connectivity index is 2.37. The number of hydrogen-bond donors (Lipinski definition) is 1. The minimum Gasteiger partial charge on any atom is -0.381 e. The third-order valence-electron chi connectivity index (χ3n) is 5.66. The van der Waals surface area contributed by atoms with Crippen molar-refractivity contribution in [2.24, 2.45) is 4.99 Å². The molecule has 0 spiro atoms. The topological polar surface area (TPSA) is 24.4 Å². The lowest BCUT2D eigenvalue weighted by Crippen LogP contribution is -2.33.